The van der Waals surface area contributed by atoms with Gasteiger partial charge in [0.15, 0.2) is 0 Å². The van der Waals surface area contributed by atoms with Crippen molar-refractivity contribution in [3.63, 3.8) is 0 Å². The van der Waals surface area contributed by atoms with E-state index in [1.807, 2.05) is 36.4 Å². The highest BCUT2D eigenvalue weighted by molar-refractivity contribution is 7.08. The first-order valence-electron chi connectivity index (χ1n) is 7.19. The van der Waals surface area contributed by atoms with Crippen LogP contribution in [0.3, 0.4) is 0 Å². The molecule has 0 fully saturated rings. The molecule has 1 aromatic heterocycles. The van der Waals surface area contributed by atoms with Crippen LogP contribution >= 0.6 is 22.9 Å². The van der Waals surface area contributed by atoms with Gasteiger partial charge in [-0.05, 0) is 41.8 Å². The Balaban J connectivity index is 1.85. The van der Waals surface area contributed by atoms with E-state index >= 15 is 0 Å². The van der Waals surface area contributed by atoms with E-state index in [0.717, 1.165) is 34.0 Å². The van der Waals surface area contributed by atoms with Gasteiger partial charge in [0, 0.05) is 16.0 Å². The van der Waals surface area contributed by atoms with E-state index in [9.17, 15) is 0 Å². The predicted molar refractivity (Wildman–Crippen MR) is 99.7 cm³/mol. The van der Waals surface area contributed by atoms with E-state index in [4.69, 9.17) is 16.6 Å². The quantitative estimate of drug-likeness (QED) is 0.545. The SMILES string of the molecule is C=C1C(=Nc2ccc(Cl)cc2)c2ccccc2N1c1ccsc1. The number of fused-ring (bicyclic) bond motifs is 1. The standard InChI is InChI=1S/C19H13ClN2S/c1-13-19(21-15-8-6-14(20)7-9-15)17-4-2-3-5-18(17)22(13)16-10-11-23-12-16/h2-12H,1H2. The summed E-state index contributed by atoms with van der Waals surface area (Å²) in [5.41, 5.74) is 5.98. The Morgan fingerprint density at radius 2 is 1.78 bits per heavy atom. The fraction of sp³-hybridized carbons (Fsp3) is 0. The highest BCUT2D eigenvalue weighted by atomic mass is 35.5. The third-order valence-corrected chi connectivity index (χ3v) is 4.70. The van der Waals surface area contributed by atoms with Gasteiger partial charge in [-0.3, -0.25) is 0 Å². The molecule has 0 N–H and O–H groups in total. The van der Waals surface area contributed by atoms with Crippen molar-refractivity contribution in [2.75, 3.05) is 4.90 Å². The molecule has 0 saturated heterocycles. The molecule has 2 aromatic carbocycles. The van der Waals surface area contributed by atoms with Crippen LogP contribution in [0, 0.1) is 0 Å². The van der Waals surface area contributed by atoms with E-state index in [1.54, 1.807) is 11.3 Å². The van der Waals surface area contributed by atoms with Gasteiger partial charge in [0.2, 0.25) is 0 Å². The van der Waals surface area contributed by atoms with Gasteiger partial charge in [0.1, 0.15) is 0 Å². The summed E-state index contributed by atoms with van der Waals surface area (Å²) < 4.78 is 0. The van der Waals surface area contributed by atoms with Crippen molar-refractivity contribution < 1.29 is 0 Å². The van der Waals surface area contributed by atoms with Crippen molar-refractivity contribution in [2.24, 2.45) is 4.99 Å². The molecule has 0 unspecified atom stereocenters. The van der Waals surface area contributed by atoms with Crippen molar-refractivity contribution in [1.82, 2.24) is 0 Å². The summed E-state index contributed by atoms with van der Waals surface area (Å²) >= 11 is 7.63. The van der Waals surface area contributed by atoms with Crippen LogP contribution in [0.25, 0.3) is 0 Å². The largest absolute Gasteiger partial charge is 0.307 e. The molecule has 2 heterocycles. The maximum Gasteiger partial charge on any atom is 0.0964 e. The van der Waals surface area contributed by atoms with Crippen LogP contribution in [-0.2, 0) is 0 Å². The van der Waals surface area contributed by atoms with Gasteiger partial charge in [-0.1, -0.05) is 36.4 Å². The average Bonchev–Trinajstić information content (AvgIpc) is 3.17. The van der Waals surface area contributed by atoms with Gasteiger partial charge in [0.25, 0.3) is 0 Å². The molecular weight excluding hydrogens is 324 g/mol. The summed E-state index contributed by atoms with van der Waals surface area (Å²) in [4.78, 5) is 6.96. The van der Waals surface area contributed by atoms with Gasteiger partial charge >= 0.3 is 0 Å². The molecule has 112 valence electrons. The van der Waals surface area contributed by atoms with Crippen molar-refractivity contribution >= 4 is 45.7 Å². The lowest BCUT2D eigenvalue weighted by molar-refractivity contribution is 1.29. The number of halogens is 1. The molecule has 1 aliphatic heterocycles. The molecule has 0 amide bonds. The predicted octanol–water partition coefficient (Wildman–Crippen LogP) is 6.19. The lowest BCUT2D eigenvalue weighted by Crippen LogP contribution is -2.12. The molecule has 1 aliphatic rings. The Kier molecular flexibility index (Phi) is 3.52. The number of anilines is 2. The van der Waals surface area contributed by atoms with E-state index in [-0.39, 0.29) is 0 Å². The third-order valence-electron chi connectivity index (χ3n) is 3.78. The van der Waals surface area contributed by atoms with Crippen molar-refractivity contribution in [3.05, 3.63) is 88.2 Å². The number of rotatable bonds is 2. The van der Waals surface area contributed by atoms with Gasteiger partial charge in [0.05, 0.1) is 28.5 Å². The number of aliphatic imine (C=N–C) groups is 1. The normalized spacial score (nSPS) is 15.3. The molecule has 0 bridgehead atoms. The fourth-order valence-electron chi connectivity index (χ4n) is 2.72. The minimum Gasteiger partial charge on any atom is -0.307 e. The smallest absolute Gasteiger partial charge is 0.0964 e. The molecule has 4 heteroatoms. The van der Waals surface area contributed by atoms with Gasteiger partial charge in [-0.15, -0.1) is 0 Å². The lowest BCUT2D eigenvalue weighted by Gasteiger charge is -2.18. The van der Waals surface area contributed by atoms with Crippen LogP contribution in [0.4, 0.5) is 17.1 Å². The highest BCUT2D eigenvalue weighted by Gasteiger charge is 2.29. The summed E-state index contributed by atoms with van der Waals surface area (Å²) in [5.74, 6) is 0. The zero-order valence-corrected chi connectivity index (χ0v) is 13.8. The first-order valence-corrected chi connectivity index (χ1v) is 8.51. The third kappa shape index (κ3) is 2.48. The average molecular weight is 337 g/mol. The van der Waals surface area contributed by atoms with Crippen LogP contribution < -0.4 is 4.90 Å². The fourth-order valence-corrected chi connectivity index (χ4v) is 3.47. The summed E-state index contributed by atoms with van der Waals surface area (Å²) in [7, 11) is 0. The molecule has 2 nitrogen and oxygen atoms in total. The van der Waals surface area contributed by atoms with E-state index < -0.39 is 0 Å². The topological polar surface area (TPSA) is 15.6 Å². The summed E-state index contributed by atoms with van der Waals surface area (Å²) in [6.45, 7) is 4.28. The first kappa shape index (κ1) is 14.2. The minimum absolute atomic E-state index is 0.708. The second-order valence-electron chi connectivity index (χ2n) is 5.22. The van der Waals surface area contributed by atoms with Crippen LogP contribution in [0.5, 0.6) is 0 Å². The second kappa shape index (κ2) is 5.69. The Morgan fingerprint density at radius 1 is 1.00 bits per heavy atom. The number of benzene rings is 2. The molecular formula is C19H13ClN2S. The van der Waals surface area contributed by atoms with Gasteiger partial charge < -0.3 is 4.90 Å². The molecule has 3 aromatic rings. The van der Waals surface area contributed by atoms with E-state index in [1.165, 1.54) is 0 Å². The maximum atomic E-state index is 5.96. The zero-order chi connectivity index (χ0) is 15.8. The second-order valence-corrected chi connectivity index (χ2v) is 6.43. The molecule has 0 spiro atoms. The van der Waals surface area contributed by atoms with Gasteiger partial charge in [-0.2, -0.15) is 11.3 Å². The minimum atomic E-state index is 0.708. The Labute approximate surface area is 144 Å². The Morgan fingerprint density at radius 3 is 2.52 bits per heavy atom. The van der Waals surface area contributed by atoms with Crippen LogP contribution in [-0.4, -0.2) is 5.71 Å². The first-order chi connectivity index (χ1) is 11.2. The number of allylic oxidation sites excluding steroid dienone is 1. The molecule has 0 aliphatic carbocycles. The van der Waals surface area contributed by atoms with Crippen LogP contribution in [0.2, 0.25) is 5.02 Å². The number of hydrogen-bond donors (Lipinski definition) is 0. The monoisotopic (exact) mass is 336 g/mol. The molecule has 23 heavy (non-hydrogen) atoms. The van der Waals surface area contributed by atoms with Crippen molar-refractivity contribution in [2.45, 2.75) is 0 Å². The number of para-hydroxylation sites is 1. The van der Waals surface area contributed by atoms with Crippen LogP contribution in [0.1, 0.15) is 5.56 Å². The van der Waals surface area contributed by atoms with Crippen molar-refractivity contribution in [3.8, 4) is 0 Å². The Bertz CT molecular complexity index is 895. The summed E-state index contributed by atoms with van der Waals surface area (Å²) in [6.07, 6.45) is 0. The van der Waals surface area contributed by atoms with Crippen molar-refractivity contribution in [1.29, 1.82) is 0 Å². The molecule has 0 atom stereocenters. The Hall–Kier alpha value is -2.36. The summed E-state index contributed by atoms with van der Waals surface area (Å²) in [5, 5.41) is 4.90. The molecule has 4 rings (SSSR count). The van der Waals surface area contributed by atoms with Gasteiger partial charge in [-0.25, -0.2) is 4.99 Å². The number of thiophene rings is 1. The number of nitrogens with zero attached hydrogens (tertiary/aromatic N) is 2. The number of hydrogen-bond acceptors (Lipinski definition) is 3. The van der Waals surface area contributed by atoms with Crippen LogP contribution in [0.15, 0.2) is 82.6 Å². The maximum absolute atomic E-state index is 5.96. The molecule has 0 saturated carbocycles. The highest BCUT2D eigenvalue weighted by Crippen LogP contribution is 2.41. The zero-order valence-electron chi connectivity index (χ0n) is 12.2. The van der Waals surface area contributed by atoms with E-state index in [0.29, 0.717) is 5.02 Å². The lowest BCUT2D eigenvalue weighted by atomic mass is 10.1. The summed E-state index contributed by atoms with van der Waals surface area (Å²) in [6, 6.07) is 17.9. The molecule has 0 radical (unpaired) electrons. The van der Waals surface area contributed by atoms with E-state index in [2.05, 4.69) is 40.4 Å².